The molecule has 0 aromatic heterocycles. The zero-order valence-corrected chi connectivity index (χ0v) is 8.45. The van der Waals surface area contributed by atoms with Gasteiger partial charge in [0.15, 0.2) is 0 Å². The van der Waals surface area contributed by atoms with Gasteiger partial charge in [-0.05, 0) is 18.2 Å². The summed E-state index contributed by atoms with van der Waals surface area (Å²) in [6.07, 6.45) is 1.65. The second kappa shape index (κ2) is 5.27. The maximum atomic E-state index is 10.9. The van der Waals surface area contributed by atoms with Crippen molar-refractivity contribution in [3.8, 4) is 6.07 Å². The number of rotatable bonds is 4. The van der Waals surface area contributed by atoms with Gasteiger partial charge in [0.2, 0.25) is 6.20 Å². The van der Waals surface area contributed by atoms with Crippen LogP contribution in [0.4, 0.5) is 5.69 Å². The van der Waals surface area contributed by atoms with Gasteiger partial charge >= 0.3 is 5.97 Å². The third kappa shape index (κ3) is 3.32. The van der Waals surface area contributed by atoms with E-state index in [9.17, 15) is 14.9 Å². The molecule has 7 nitrogen and oxygen atoms in total. The van der Waals surface area contributed by atoms with Gasteiger partial charge in [0.1, 0.15) is 0 Å². The molecule has 0 atom stereocenters. The number of nitrogens with zero attached hydrogens (tertiary/aromatic N) is 2. The molecular weight excluding hydrogens is 226 g/mol. The van der Waals surface area contributed by atoms with Gasteiger partial charge in [0.05, 0.1) is 34.0 Å². The van der Waals surface area contributed by atoms with E-state index in [0.717, 1.165) is 6.20 Å². The maximum Gasteiger partial charge on any atom is 0.337 e. The summed E-state index contributed by atoms with van der Waals surface area (Å²) in [5, 5.41) is 30.0. The van der Waals surface area contributed by atoms with Gasteiger partial charge in [0.25, 0.3) is 0 Å². The topological polar surface area (TPSA) is 116 Å². The van der Waals surface area contributed by atoms with Gasteiger partial charge in [-0.15, -0.1) is 0 Å². The molecule has 0 radical (unpaired) electrons. The summed E-state index contributed by atoms with van der Waals surface area (Å²) in [5.74, 6) is -1.22. The summed E-state index contributed by atoms with van der Waals surface area (Å²) in [7, 11) is 0. The van der Waals surface area contributed by atoms with E-state index in [1.807, 2.05) is 0 Å². The molecule has 7 heteroatoms. The van der Waals surface area contributed by atoms with Crippen molar-refractivity contribution < 1.29 is 14.8 Å². The normalized spacial score (nSPS) is 9.82. The molecule has 0 saturated heterocycles. The first-order valence-corrected chi connectivity index (χ1v) is 4.38. The lowest BCUT2D eigenvalue weighted by molar-refractivity contribution is -0.402. The minimum absolute atomic E-state index is 0.128. The summed E-state index contributed by atoms with van der Waals surface area (Å²) in [6, 6.07) is 5.77. The largest absolute Gasteiger partial charge is 0.478 e. The van der Waals surface area contributed by atoms with Crippen LogP contribution in [0.1, 0.15) is 15.9 Å². The van der Waals surface area contributed by atoms with Crippen LogP contribution in [0.3, 0.4) is 0 Å². The van der Waals surface area contributed by atoms with Crippen molar-refractivity contribution in [2.75, 3.05) is 5.32 Å². The fraction of sp³-hybridized carbons (Fsp3) is 0. The minimum atomic E-state index is -1.22. The number of aromatic carboxylic acids is 1. The van der Waals surface area contributed by atoms with Crippen LogP contribution < -0.4 is 5.32 Å². The molecule has 2 N–H and O–H groups in total. The van der Waals surface area contributed by atoms with Crippen molar-refractivity contribution in [1.29, 1.82) is 5.26 Å². The summed E-state index contributed by atoms with van der Waals surface area (Å²) in [6.45, 7) is 0. The molecule has 1 aromatic rings. The van der Waals surface area contributed by atoms with Gasteiger partial charge in [-0.1, -0.05) is 0 Å². The lowest BCUT2D eigenvalue weighted by Gasteiger charge is -2.04. The first-order valence-electron chi connectivity index (χ1n) is 4.38. The van der Waals surface area contributed by atoms with Crippen molar-refractivity contribution in [3.05, 3.63) is 51.8 Å². The molecule has 17 heavy (non-hydrogen) atoms. The highest BCUT2D eigenvalue weighted by atomic mass is 16.6. The second-order valence-electron chi connectivity index (χ2n) is 2.92. The lowest BCUT2D eigenvalue weighted by atomic mass is 10.1. The molecule has 0 unspecified atom stereocenters. The Balaban J connectivity index is 3.03. The zero-order valence-electron chi connectivity index (χ0n) is 8.45. The Morgan fingerprint density at radius 2 is 2.29 bits per heavy atom. The van der Waals surface area contributed by atoms with E-state index in [2.05, 4.69) is 5.32 Å². The Morgan fingerprint density at radius 1 is 1.59 bits per heavy atom. The Kier molecular flexibility index (Phi) is 3.78. The number of hydrogen-bond donors (Lipinski definition) is 2. The molecule has 0 amide bonds. The smallest absolute Gasteiger partial charge is 0.337 e. The highest BCUT2D eigenvalue weighted by Gasteiger charge is 2.10. The molecule has 0 heterocycles. The van der Waals surface area contributed by atoms with Crippen LogP contribution in [0.15, 0.2) is 30.6 Å². The summed E-state index contributed by atoms with van der Waals surface area (Å²) in [4.78, 5) is 20.2. The van der Waals surface area contributed by atoms with Crippen LogP contribution in [-0.4, -0.2) is 16.0 Å². The molecule has 0 saturated carbocycles. The molecular formula is C10H7N3O4. The van der Waals surface area contributed by atoms with E-state index < -0.39 is 10.9 Å². The predicted molar refractivity (Wildman–Crippen MR) is 57.9 cm³/mol. The monoisotopic (exact) mass is 233 g/mol. The Bertz CT molecular complexity index is 531. The van der Waals surface area contributed by atoms with E-state index in [0.29, 0.717) is 6.20 Å². The number of carboxylic acid groups (broad SMARTS) is 1. The first kappa shape index (κ1) is 12.2. The molecule has 0 aliphatic rings. The number of anilines is 1. The van der Waals surface area contributed by atoms with Crippen LogP contribution in [-0.2, 0) is 0 Å². The number of carbonyl (C=O) groups is 1. The number of nitrogens with one attached hydrogen (secondary N) is 1. The fourth-order valence-electron chi connectivity index (χ4n) is 1.10. The van der Waals surface area contributed by atoms with Crippen LogP contribution >= 0.6 is 0 Å². The standard InChI is InChI=1S/C10H7N3O4/c11-6-7-1-2-9(8(5-7)10(14)15)12-3-4-13(16)17/h1-5,12H,(H,14,15)/b4-3+. The molecule has 0 bridgehead atoms. The third-order valence-corrected chi connectivity index (χ3v) is 1.81. The van der Waals surface area contributed by atoms with E-state index in [1.165, 1.54) is 18.2 Å². The van der Waals surface area contributed by atoms with E-state index in [4.69, 9.17) is 10.4 Å². The average Bonchev–Trinajstić information content (AvgIpc) is 2.28. The second-order valence-corrected chi connectivity index (χ2v) is 2.92. The number of nitro groups is 1. The number of nitriles is 1. The Hall–Kier alpha value is -2.88. The molecule has 1 rings (SSSR count). The van der Waals surface area contributed by atoms with Crippen molar-refractivity contribution in [3.63, 3.8) is 0 Å². The number of carboxylic acids is 1. The van der Waals surface area contributed by atoms with E-state index >= 15 is 0 Å². The van der Waals surface area contributed by atoms with Crippen LogP contribution in [0.5, 0.6) is 0 Å². The predicted octanol–water partition coefficient (Wildman–Crippen LogP) is 1.42. The van der Waals surface area contributed by atoms with Crippen molar-refractivity contribution >= 4 is 11.7 Å². The third-order valence-electron chi connectivity index (χ3n) is 1.81. The van der Waals surface area contributed by atoms with Gasteiger partial charge in [0, 0.05) is 0 Å². The maximum absolute atomic E-state index is 10.9. The van der Waals surface area contributed by atoms with Crippen molar-refractivity contribution in [1.82, 2.24) is 0 Å². The van der Waals surface area contributed by atoms with Gasteiger partial charge in [-0.25, -0.2) is 4.79 Å². The van der Waals surface area contributed by atoms with Crippen LogP contribution in [0.25, 0.3) is 0 Å². The summed E-state index contributed by atoms with van der Waals surface area (Å²) < 4.78 is 0. The molecule has 0 aliphatic heterocycles. The highest BCUT2D eigenvalue weighted by molar-refractivity contribution is 5.94. The van der Waals surface area contributed by atoms with Gasteiger partial charge in [-0.3, -0.25) is 10.1 Å². The van der Waals surface area contributed by atoms with Crippen molar-refractivity contribution in [2.24, 2.45) is 0 Å². The average molecular weight is 233 g/mol. The van der Waals surface area contributed by atoms with Crippen LogP contribution in [0, 0.1) is 21.4 Å². The van der Waals surface area contributed by atoms with E-state index in [-0.39, 0.29) is 16.8 Å². The number of benzene rings is 1. The van der Waals surface area contributed by atoms with Crippen molar-refractivity contribution in [2.45, 2.75) is 0 Å². The lowest BCUT2D eigenvalue weighted by Crippen LogP contribution is -2.03. The molecule has 1 aromatic carbocycles. The first-order chi connectivity index (χ1) is 8.04. The minimum Gasteiger partial charge on any atom is -0.478 e. The van der Waals surface area contributed by atoms with Gasteiger partial charge < -0.3 is 10.4 Å². The Labute approximate surface area is 95.8 Å². The van der Waals surface area contributed by atoms with Crippen LogP contribution in [0.2, 0.25) is 0 Å². The molecule has 0 fully saturated rings. The molecule has 0 spiro atoms. The summed E-state index contributed by atoms with van der Waals surface area (Å²) >= 11 is 0. The number of hydrogen-bond acceptors (Lipinski definition) is 5. The SMILES string of the molecule is N#Cc1ccc(N/C=C/[N+](=O)[O-])c(C(=O)O)c1. The quantitative estimate of drug-likeness (QED) is 0.599. The fourth-order valence-corrected chi connectivity index (χ4v) is 1.10. The zero-order chi connectivity index (χ0) is 12.8. The van der Waals surface area contributed by atoms with Gasteiger partial charge in [-0.2, -0.15) is 5.26 Å². The highest BCUT2D eigenvalue weighted by Crippen LogP contribution is 2.17. The van der Waals surface area contributed by atoms with E-state index in [1.54, 1.807) is 6.07 Å². The summed E-state index contributed by atoms with van der Waals surface area (Å²) in [5.41, 5.74) is 0.248. The Morgan fingerprint density at radius 3 is 2.82 bits per heavy atom. The molecule has 0 aliphatic carbocycles. The molecule has 86 valence electrons.